The van der Waals surface area contributed by atoms with Crippen LogP contribution in [-0.4, -0.2) is 30.5 Å². The zero-order valence-corrected chi connectivity index (χ0v) is 12.9. The van der Waals surface area contributed by atoms with E-state index in [1.807, 2.05) is 6.07 Å². The summed E-state index contributed by atoms with van der Waals surface area (Å²) in [5, 5.41) is 2.37. The number of carbonyl (C=O) groups is 3. The minimum Gasteiger partial charge on any atom is -0.465 e. The van der Waals surface area contributed by atoms with E-state index in [4.69, 9.17) is 9.47 Å². The van der Waals surface area contributed by atoms with Gasteiger partial charge in [-0.1, -0.05) is 48.5 Å². The molecule has 122 valence electrons. The lowest BCUT2D eigenvalue weighted by molar-refractivity contribution is -0.167. The van der Waals surface area contributed by atoms with Crippen molar-refractivity contribution in [1.29, 1.82) is 0 Å². The van der Waals surface area contributed by atoms with Gasteiger partial charge in [-0.2, -0.15) is 0 Å². The highest BCUT2D eigenvalue weighted by Gasteiger charge is 2.54. The molecule has 0 saturated heterocycles. The van der Waals surface area contributed by atoms with Crippen LogP contribution < -0.4 is 5.32 Å². The summed E-state index contributed by atoms with van der Waals surface area (Å²) in [6.45, 7) is -0.0376. The van der Waals surface area contributed by atoms with Crippen molar-refractivity contribution in [1.82, 2.24) is 5.32 Å². The highest BCUT2D eigenvalue weighted by Crippen LogP contribution is 2.26. The lowest BCUT2D eigenvalue weighted by Crippen LogP contribution is -2.65. The van der Waals surface area contributed by atoms with Crippen LogP contribution in [0.3, 0.4) is 0 Å². The molecule has 0 fully saturated rings. The van der Waals surface area contributed by atoms with Crippen molar-refractivity contribution in [2.24, 2.45) is 0 Å². The Hall–Kier alpha value is -2.99. The van der Waals surface area contributed by atoms with E-state index in [9.17, 15) is 14.4 Å². The third-order valence-electron chi connectivity index (χ3n) is 3.80. The maximum atomic E-state index is 12.9. The van der Waals surface area contributed by atoms with Crippen LogP contribution in [0.5, 0.6) is 0 Å². The summed E-state index contributed by atoms with van der Waals surface area (Å²) in [4.78, 5) is 37.5. The maximum absolute atomic E-state index is 12.9. The number of hydrogen-bond donors (Lipinski definition) is 1. The fourth-order valence-corrected chi connectivity index (χ4v) is 2.57. The van der Waals surface area contributed by atoms with Gasteiger partial charge < -0.3 is 14.8 Å². The first-order valence-corrected chi connectivity index (χ1v) is 7.31. The summed E-state index contributed by atoms with van der Waals surface area (Å²) >= 11 is 0. The van der Waals surface area contributed by atoms with Gasteiger partial charge in [-0.3, -0.25) is 9.59 Å². The van der Waals surface area contributed by atoms with Crippen LogP contribution in [0, 0.1) is 0 Å². The van der Waals surface area contributed by atoms with Crippen molar-refractivity contribution in [2.45, 2.75) is 12.3 Å². The highest BCUT2D eigenvalue weighted by molar-refractivity contribution is 6.24. The van der Waals surface area contributed by atoms with E-state index in [1.54, 1.807) is 36.4 Å². The van der Waals surface area contributed by atoms with E-state index in [1.165, 1.54) is 12.1 Å². The first kappa shape index (κ1) is 15.9. The number of benzene rings is 2. The molecule has 24 heavy (non-hydrogen) atoms. The number of esters is 1. The van der Waals surface area contributed by atoms with Crippen LogP contribution in [0.15, 0.2) is 54.6 Å². The smallest absolute Gasteiger partial charge is 0.368 e. The van der Waals surface area contributed by atoms with Crippen molar-refractivity contribution in [3.63, 3.8) is 0 Å². The lowest BCUT2D eigenvalue weighted by atomic mass is 9.91. The van der Waals surface area contributed by atoms with Gasteiger partial charge in [0, 0.05) is 5.56 Å². The quantitative estimate of drug-likeness (QED) is 0.683. The normalized spacial score (nSPS) is 19.4. The second-order valence-electron chi connectivity index (χ2n) is 5.28. The molecule has 2 aromatic carbocycles. The molecule has 2 aromatic rings. The number of nitrogens with one attached hydrogen (secondary N) is 1. The van der Waals surface area contributed by atoms with E-state index in [0.717, 1.165) is 12.7 Å². The number of amides is 1. The first-order chi connectivity index (χ1) is 11.6. The van der Waals surface area contributed by atoms with E-state index in [2.05, 4.69) is 5.32 Å². The van der Waals surface area contributed by atoms with Crippen molar-refractivity contribution in [3.05, 3.63) is 71.3 Å². The summed E-state index contributed by atoms with van der Waals surface area (Å²) in [6, 6.07) is 15.3. The topological polar surface area (TPSA) is 81.7 Å². The Balaban J connectivity index is 1.99. The average Bonchev–Trinajstić information content (AvgIpc) is 2.64. The number of rotatable bonds is 4. The van der Waals surface area contributed by atoms with Crippen molar-refractivity contribution < 1.29 is 23.9 Å². The first-order valence-electron chi connectivity index (χ1n) is 7.31. The molecule has 1 N–H and O–H groups in total. The molecular formula is C18H15NO5. The molecule has 1 heterocycles. The third kappa shape index (κ3) is 2.57. The molecule has 0 aliphatic carbocycles. The number of methoxy groups -OCH3 is 1. The molecule has 1 aliphatic heterocycles. The highest BCUT2D eigenvalue weighted by atomic mass is 16.6. The molecule has 6 nitrogen and oxygen atoms in total. The summed E-state index contributed by atoms with van der Waals surface area (Å²) in [5.41, 5.74) is -1.11. The van der Waals surface area contributed by atoms with Crippen LogP contribution in [-0.2, 0) is 20.9 Å². The molecule has 0 spiro atoms. The molecule has 0 radical (unpaired) electrons. The van der Waals surface area contributed by atoms with Crippen molar-refractivity contribution >= 4 is 17.7 Å². The molecule has 0 bridgehead atoms. The lowest BCUT2D eigenvalue weighted by Gasteiger charge is -2.34. The van der Waals surface area contributed by atoms with E-state index in [-0.39, 0.29) is 17.7 Å². The van der Waals surface area contributed by atoms with Crippen LogP contribution >= 0.6 is 0 Å². The Morgan fingerprint density at radius 1 is 1.00 bits per heavy atom. The van der Waals surface area contributed by atoms with Gasteiger partial charge in [0.2, 0.25) is 5.78 Å². The largest absolute Gasteiger partial charge is 0.465 e. The summed E-state index contributed by atoms with van der Waals surface area (Å²) in [6.07, 6.45) is 0. The number of Topliss-reactive ketones (excluding diaryl/α,β-unsaturated/α-hetero) is 1. The summed E-state index contributed by atoms with van der Waals surface area (Å²) in [7, 11) is 1.13. The van der Waals surface area contributed by atoms with Crippen molar-refractivity contribution in [2.75, 3.05) is 7.11 Å². The Bertz CT molecular complexity index is 802. The van der Waals surface area contributed by atoms with Gasteiger partial charge in [-0.05, 0) is 11.6 Å². The molecule has 0 aromatic heterocycles. The zero-order valence-electron chi connectivity index (χ0n) is 12.9. The number of carbonyl (C=O) groups excluding carboxylic acids is 3. The molecule has 1 unspecified atom stereocenters. The van der Waals surface area contributed by atoms with E-state index in [0.29, 0.717) is 0 Å². The summed E-state index contributed by atoms with van der Waals surface area (Å²) in [5.74, 6) is -2.18. The predicted octanol–water partition coefficient (Wildman–Crippen LogP) is 1.70. The molecule has 6 heteroatoms. The molecule has 1 aliphatic rings. The molecule has 3 rings (SSSR count). The predicted molar refractivity (Wildman–Crippen MR) is 84.2 cm³/mol. The van der Waals surface area contributed by atoms with E-state index < -0.39 is 23.4 Å². The molecule has 1 amide bonds. The average molecular weight is 325 g/mol. The van der Waals surface area contributed by atoms with Gasteiger partial charge >= 0.3 is 11.7 Å². The SMILES string of the molecule is COC(=O)C1(OCc2ccccc2)NC(=O)c2ccccc2C1=O. The minimum absolute atomic E-state index is 0.0376. The zero-order chi connectivity index (χ0) is 17.2. The molecular weight excluding hydrogens is 310 g/mol. The fourth-order valence-electron chi connectivity index (χ4n) is 2.57. The fraction of sp³-hybridized carbons (Fsp3) is 0.167. The number of hydrogen-bond acceptors (Lipinski definition) is 5. The van der Waals surface area contributed by atoms with Crippen LogP contribution in [0.25, 0.3) is 0 Å². The van der Waals surface area contributed by atoms with Gasteiger partial charge in [0.05, 0.1) is 19.3 Å². The Labute approximate surface area is 138 Å². The Kier molecular flexibility index (Phi) is 4.14. The minimum atomic E-state index is -2.18. The van der Waals surface area contributed by atoms with Gasteiger partial charge in [0.25, 0.3) is 5.91 Å². The van der Waals surface area contributed by atoms with Gasteiger partial charge in [0.15, 0.2) is 0 Å². The van der Waals surface area contributed by atoms with Crippen LogP contribution in [0.2, 0.25) is 0 Å². The number of ether oxygens (including phenoxy) is 2. The van der Waals surface area contributed by atoms with Gasteiger partial charge in [0.1, 0.15) is 0 Å². The Morgan fingerprint density at radius 3 is 2.29 bits per heavy atom. The molecule has 0 saturated carbocycles. The third-order valence-corrected chi connectivity index (χ3v) is 3.80. The van der Waals surface area contributed by atoms with E-state index >= 15 is 0 Å². The monoisotopic (exact) mass is 325 g/mol. The van der Waals surface area contributed by atoms with Gasteiger partial charge in [-0.25, -0.2) is 4.79 Å². The Morgan fingerprint density at radius 2 is 1.62 bits per heavy atom. The molecule has 1 atom stereocenters. The number of ketones is 1. The second kappa shape index (κ2) is 6.25. The standard InChI is InChI=1S/C18H15NO5/c1-23-17(22)18(24-11-12-7-3-2-4-8-12)15(20)13-9-5-6-10-14(13)16(21)19-18/h2-10H,11H2,1H3,(H,19,21). The van der Waals surface area contributed by atoms with Crippen LogP contribution in [0.1, 0.15) is 26.3 Å². The number of fused-ring (bicyclic) bond motifs is 1. The second-order valence-corrected chi connectivity index (χ2v) is 5.28. The van der Waals surface area contributed by atoms with Crippen molar-refractivity contribution in [3.8, 4) is 0 Å². The van der Waals surface area contributed by atoms with Gasteiger partial charge in [-0.15, -0.1) is 0 Å². The van der Waals surface area contributed by atoms with Crippen LogP contribution in [0.4, 0.5) is 0 Å². The maximum Gasteiger partial charge on any atom is 0.368 e. The summed E-state index contributed by atoms with van der Waals surface area (Å²) < 4.78 is 10.3.